The topological polar surface area (TPSA) is 58.6 Å². The maximum Gasteiger partial charge on any atom is 0.251 e. The first kappa shape index (κ1) is 12.9. The van der Waals surface area contributed by atoms with Crippen LogP contribution in [-0.2, 0) is 0 Å². The van der Waals surface area contributed by atoms with Gasteiger partial charge in [0.05, 0.1) is 12.7 Å². The number of amides is 1. The lowest BCUT2D eigenvalue weighted by Gasteiger charge is -2.31. The van der Waals surface area contributed by atoms with Crippen LogP contribution in [0.4, 0.5) is 0 Å². The van der Waals surface area contributed by atoms with Crippen molar-refractivity contribution in [2.75, 3.05) is 6.61 Å². The molecular weight excluding hydrogens is 230 g/mol. The van der Waals surface area contributed by atoms with Crippen LogP contribution in [0.3, 0.4) is 0 Å². The van der Waals surface area contributed by atoms with E-state index < -0.39 is 0 Å². The minimum atomic E-state index is -0.250. The Morgan fingerprint density at radius 1 is 1.39 bits per heavy atom. The second kappa shape index (κ2) is 5.87. The van der Waals surface area contributed by atoms with Crippen LogP contribution in [0.5, 0.6) is 5.75 Å². The number of rotatable bonds is 5. The molecule has 4 nitrogen and oxygen atoms in total. The molecule has 0 spiro atoms. The summed E-state index contributed by atoms with van der Waals surface area (Å²) in [5.41, 5.74) is 0.625. The van der Waals surface area contributed by atoms with E-state index in [1.54, 1.807) is 24.3 Å². The van der Waals surface area contributed by atoms with Gasteiger partial charge in [-0.15, -0.1) is 0 Å². The molecule has 0 atom stereocenters. The van der Waals surface area contributed by atoms with E-state index in [9.17, 15) is 4.79 Å². The molecule has 18 heavy (non-hydrogen) atoms. The van der Waals surface area contributed by atoms with Crippen LogP contribution in [0.1, 0.15) is 36.5 Å². The molecule has 1 aliphatic carbocycles. The predicted molar refractivity (Wildman–Crippen MR) is 68.7 cm³/mol. The van der Waals surface area contributed by atoms with Crippen LogP contribution in [0, 0.1) is 0 Å². The van der Waals surface area contributed by atoms with Crippen LogP contribution >= 0.6 is 0 Å². The average molecular weight is 249 g/mol. The molecule has 98 valence electrons. The van der Waals surface area contributed by atoms with E-state index in [4.69, 9.17) is 9.84 Å². The van der Waals surface area contributed by atoms with Gasteiger partial charge >= 0.3 is 0 Å². The Morgan fingerprint density at radius 2 is 2.06 bits per heavy atom. The van der Waals surface area contributed by atoms with Crippen molar-refractivity contribution >= 4 is 5.91 Å². The maximum atomic E-state index is 11.8. The first-order chi connectivity index (χ1) is 8.69. The monoisotopic (exact) mass is 249 g/mol. The minimum Gasteiger partial charge on any atom is -0.494 e. The molecule has 0 saturated heterocycles. The van der Waals surface area contributed by atoms with E-state index in [1.807, 2.05) is 0 Å². The molecule has 1 amide bonds. The van der Waals surface area contributed by atoms with Gasteiger partial charge < -0.3 is 15.2 Å². The zero-order valence-corrected chi connectivity index (χ0v) is 10.6. The summed E-state index contributed by atoms with van der Waals surface area (Å²) < 4.78 is 5.45. The van der Waals surface area contributed by atoms with Crippen molar-refractivity contribution in [2.24, 2.45) is 0 Å². The number of aliphatic hydroxyl groups excluding tert-OH is 1. The summed E-state index contributed by atoms with van der Waals surface area (Å²) in [6.45, 7) is 2.74. The van der Waals surface area contributed by atoms with E-state index in [-0.39, 0.29) is 18.1 Å². The van der Waals surface area contributed by atoms with E-state index >= 15 is 0 Å². The molecule has 1 saturated carbocycles. The van der Waals surface area contributed by atoms with Gasteiger partial charge in [-0.25, -0.2) is 0 Å². The molecule has 1 fully saturated rings. The number of aliphatic hydroxyl groups is 1. The van der Waals surface area contributed by atoms with Crippen molar-refractivity contribution in [1.29, 1.82) is 0 Å². The molecule has 1 aromatic rings. The second-order valence-corrected chi connectivity index (χ2v) is 4.67. The summed E-state index contributed by atoms with van der Waals surface area (Å²) in [5.74, 6) is 0.696. The minimum absolute atomic E-state index is 0.0889. The van der Waals surface area contributed by atoms with Crippen LogP contribution < -0.4 is 10.1 Å². The smallest absolute Gasteiger partial charge is 0.251 e. The summed E-state index contributed by atoms with van der Waals surface area (Å²) in [5, 5.41) is 12.0. The van der Waals surface area contributed by atoms with Crippen LogP contribution in [0.2, 0.25) is 0 Å². The van der Waals surface area contributed by atoms with Gasteiger partial charge in [-0.1, -0.05) is 6.92 Å². The SMILES string of the molecule is CCCOc1ccc(C(=O)NC2CC(O)C2)cc1. The molecule has 0 bridgehead atoms. The van der Waals surface area contributed by atoms with Crippen LogP contribution in [0.15, 0.2) is 24.3 Å². The summed E-state index contributed by atoms with van der Waals surface area (Å²) >= 11 is 0. The summed E-state index contributed by atoms with van der Waals surface area (Å²) in [7, 11) is 0. The van der Waals surface area contributed by atoms with Gasteiger partial charge in [0.15, 0.2) is 0 Å². The van der Waals surface area contributed by atoms with Crippen molar-refractivity contribution in [3.05, 3.63) is 29.8 Å². The lowest BCUT2D eigenvalue weighted by Crippen LogP contribution is -2.46. The highest BCUT2D eigenvalue weighted by molar-refractivity contribution is 5.94. The van der Waals surface area contributed by atoms with Crippen molar-refractivity contribution in [2.45, 2.75) is 38.3 Å². The van der Waals surface area contributed by atoms with Crippen molar-refractivity contribution < 1.29 is 14.6 Å². The first-order valence-corrected chi connectivity index (χ1v) is 6.41. The van der Waals surface area contributed by atoms with Crippen molar-refractivity contribution in [3.8, 4) is 5.75 Å². The Balaban J connectivity index is 1.86. The molecule has 1 aliphatic rings. The van der Waals surface area contributed by atoms with Crippen molar-refractivity contribution in [1.82, 2.24) is 5.32 Å². The Kier molecular flexibility index (Phi) is 4.20. The Bertz CT molecular complexity index is 396. The van der Waals surface area contributed by atoms with Crippen molar-refractivity contribution in [3.63, 3.8) is 0 Å². The van der Waals surface area contributed by atoms with Gasteiger partial charge in [0, 0.05) is 11.6 Å². The highest BCUT2D eigenvalue weighted by Crippen LogP contribution is 2.20. The number of nitrogens with one attached hydrogen (secondary N) is 1. The molecule has 0 unspecified atom stereocenters. The van der Waals surface area contributed by atoms with Gasteiger partial charge in [0.25, 0.3) is 5.91 Å². The Morgan fingerprint density at radius 3 is 2.61 bits per heavy atom. The highest BCUT2D eigenvalue weighted by Gasteiger charge is 2.28. The second-order valence-electron chi connectivity index (χ2n) is 4.67. The predicted octanol–water partition coefficient (Wildman–Crippen LogP) is 1.73. The summed E-state index contributed by atoms with van der Waals surface area (Å²) in [6.07, 6.45) is 2.03. The number of carbonyl (C=O) groups is 1. The average Bonchev–Trinajstić information content (AvgIpc) is 2.35. The number of hydrogen-bond acceptors (Lipinski definition) is 3. The van der Waals surface area contributed by atoms with E-state index in [0.717, 1.165) is 12.2 Å². The van der Waals surface area contributed by atoms with Gasteiger partial charge in [-0.3, -0.25) is 4.79 Å². The quantitative estimate of drug-likeness (QED) is 0.835. The molecule has 0 aliphatic heterocycles. The summed E-state index contributed by atoms with van der Waals surface area (Å²) in [4.78, 5) is 11.8. The zero-order valence-electron chi connectivity index (χ0n) is 10.6. The highest BCUT2D eigenvalue weighted by atomic mass is 16.5. The standard InChI is InChI=1S/C14H19NO3/c1-2-7-18-13-5-3-10(4-6-13)14(17)15-11-8-12(16)9-11/h3-6,11-12,16H,2,7-9H2,1H3,(H,15,17). The lowest BCUT2D eigenvalue weighted by molar-refractivity contribution is 0.0562. The Labute approximate surface area is 107 Å². The van der Waals surface area contributed by atoms with Gasteiger partial charge in [-0.05, 0) is 43.5 Å². The van der Waals surface area contributed by atoms with Gasteiger partial charge in [-0.2, -0.15) is 0 Å². The maximum absolute atomic E-state index is 11.8. The van der Waals surface area contributed by atoms with Crippen LogP contribution in [-0.4, -0.2) is 29.8 Å². The molecule has 2 rings (SSSR count). The molecule has 0 heterocycles. The number of hydrogen-bond donors (Lipinski definition) is 2. The zero-order chi connectivity index (χ0) is 13.0. The molecule has 1 aromatic carbocycles. The van der Waals surface area contributed by atoms with E-state index in [0.29, 0.717) is 25.0 Å². The van der Waals surface area contributed by atoms with Crippen LogP contribution in [0.25, 0.3) is 0 Å². The molecule has 2 N–H and O–H groups in total. The fraction of sp³-hybridized carbons (Fsp3) is 0.500. The fourth-order valence-electron chi connectivity index (χ4n) is 1.90. The number of benzene rings is 1. The van der Waals surface area contributed by atoms with Gasteiger partial charge in [0.1, 0.15) is 5.75 Å². The normalized spacial score (nSPS) is 22.1. The third-order valence-electron chi connectivity index (χ3n) is 3.04. The molecule has 0 aromatic heterocycles. The fourth-order valence-corrected chi connectivity index (χ4v) is 1.90. The third kappa shape index (κ3) is 3.23. The van der Waals surface area contributed by atoms with E-state index in [2.05, 4.69) is 12.2 Å². The summed E-state index contributed by atoms with van der Waals surface area (Å²) in [6, 6.07) is 7.24. The molecule has 4 heteroatoms. The number of ether oxygens (including phenoxy) is 1. The third-order valence-corrected chi connectivity index (χ3v) is 3.04. The molecule has 0 radical (unpaired) electrons. The molecular formula is C14H19NO3. The van der Waals surface area contributed by atoms with Gasteiger partial charge in [0.2, 0.25) is 0 Å². The number of carbonyl (C=O) groups excluding carboxylic acids is 1. The van der Waals surface area contributed by atoms with E-state index in [1.165, 1.54) is 0 Å². The largest absolute Gasteiger partial charge is 0.494 e. The lowest BCUT2D eigenvalue weighted by atomic mass is 9.89. The Hall–Kier alpha value is -1.55. The first-order valence-electron chi connectivity index (χ1n) is 6.41.